The van der Waals surface area contributed by atoms with Crippen LogP contribution in [0.15, 0.2) is 64.4 Å². The number of sulfonamides is 2. The van der Waals surface area contributed by atoms with Gasteiger partial charge in [0.1, 0.15) is 0 Å². The van der Waals surface area contributed by atoms with Crippen LogP contribution in [0.4, 0.5) is 5.69 Å². The van der Waals surface area contributed by atoms with Gasteiger partial charge in [0.2, 0.25) is 26.0 Å². The predicted molar refractivity (Wildman–Crippen MR) is 125 cm³/mol. The van der Waals surface area contributed by atoms with Crippen LogP contribution in [0, 0.1) is 0 Å². The van der Waals surface area contributed by atoms with E-state index in [4.69, 9.17) is 0 Å². The van der Waals surface area contributed by atoms with Crippen molar-refractivity contribution in [3.05, 3.63) is 54.6 Å². The Bertz CT molecular complexity index is 1170. The van der Waals surface area contributed by atoms with Gasteiger partial charge in [0.05, 0.1) is 16.3 Å². The average Bonchev–Trinajstić information content (AvgIpc) is 3.39. The minimum atomic E-state index is -3.56. The molecule has 0 spiro atoms. The molecule has 2 heterocycles. The molecule has 1 N–H and O–H groups in total. The standard InChI is InChI=1S/C22H28N4O5S2/c27-22(24-14-16-26(17-15-24)32(28,29)20-6-2-1-3-7-20)18-23-19-8-10-21(11-9-19)33(30,31)25-12-4-5-13-25/h1-3,6-11,23H,4-5,12-18H2. The Morgan fingerprint density at radius 3 is 1.79 bits per heavy atom. The summed E-state index contributed by atoms with van der Waals surface area (Å²) < 4.78 is 53.5. The van der Waals surface area contributed by atoms with Gasteiger partial charge in [0, 0.05) is 45.0 Å². The van der Waals surface area contributed by atoms with Gasteiger partial charge in [0.25, 0.3) is 0 Å². The highest BCUT2D eigenvalue weighted by Gasteiger charge is 2.30. The lowest BCUT2D eigenvalue weighted by atomic mass is 10.3. The summed E-state index contributed by atoms with van der Waals surface area (Å²) >= 11 is 0. The lowest BCUT2D eigenvalue weighted by molar-refractivity contribution is -0.130. The third kappa shape index (κ3) is 5.21. The molecular weight excluding hydrogens is 464 g/mol. The Balaban J connectivity index is 1.28. The van der Waals surface area contributed by atoms with Crippen molar-refractivity contribution in [3.63, 3.8) is 0 Å². The number of piperazine rings is 1. The van der Waals surface area contributed by atoms with Gasteiger partial charge in [-0.15, -0.1) is 0 Å². The van der Waals surface area contributed by atoms with Crippen molar-refractivity contribution in [3.8, 4) is 0 Å². The van der Waals surface area contributed by atoms with E-state index in [9.17, 15) is 21.6 Å². The number of hydrogen-bond donors (Lipinski definition) is 1. The summed E-state index contributed by atoms with van der Waals surface area (Å²) in [6.45, 7) is 2.27. The molecule has 0 bridgehead atoms. The molecule has 2 aliphatic heterocycles. The summed E-state index contributed by atoms with van der Waals surface area (Å²) in [4.78, 5) is 14.7. The van der Waals surface area contributed by atoms with Crippen molar-refractivity contribution in [2.75, 3.05) is 51.1 Å². The van der Waals surface area contributed by atoms with Gasteiger partial charge in [-0.3, -0.25) is 4.79 Å². The van der Waals surface area contributed by atoms with Crippen LogP contribution in [0.25, 0.3) is 0 Å². The highest BCUT2D eigenvalue weighted by Crippen LogP contribution is 2.22. The molecule has 11 heteroatoms. The summed E-state index contributed by atoms with van der Waals surface area (Å²) in [5, 5.41) is 3.03. The molecule has 178 valence electrons. The maximum absolute atomic E-state index is 12.7. The zero-order valence-electron chi connectivity index (χ0n) is 18.3. The molecule has 9 nitrogen and oxygen atoms in total. The van der Waals surface area contributed by atoms with Crippen LogP contribution in [-0.4, -0.2) is 82.1 Å². The predicted octanol–water partition coefficient (Wildman–Crippen LogP) is 1.42. The molecule has 0 radical (unpaired) electrons. The number of amides is 1. The largest absolute Gasteiger partial charge is 0.376 e. The molecule has 2 fully saturated rings. The molecule has 1 amide bonds. The van der Waals surface area contributed by atoms with Crippen molar-refractivity contribution < 1.29 is 21.6 Å². The first-order valence-electron chi connectivity index (χ1n) is 11.0. The van der Waals surface area contributed by atoms with Crippen LogP contribution < -0.4 is 5.32 Å². The summed E-state index contributed by atoms with van der Waals surface area (Å²) in [7, 11) is -7.03. The average molecular weight is 493 g/mol. The van der Waals surface area contributed by atoms with Crippen molar-refractivity contribution in [1.29, 1.82) is 0 Å². The Hall–Kier alpha value is -2.47. The topological polar surface area (TPSA) is 107 Å². The fourth-order valence-electron chi connectivity index (χ4n) is 4.03. The van der Waals surface area contributed by atoms with E-state index in [1.807, 2.05) is 0 Å². The minimum Gasteiger partial charge on any atom is -0.376 e. The number of carbonyl (C=O) groups excluding carboxylic acids is 1. The quantitative estimate of drug-likeness (QED) is 0.627. The van der Waals surface area contributed by atoms with Gasteiger partial charge in [0.15, 0.2) is 0 Å². The first-order chi connectivity index (χ1) is 15.8. The third-order valence-electron chi connectivity index (χ3n) is 5.97. The minimum absolute atomic E-state index is 0.0453. The molecular formula is C22H28N4O5S2. The molecule has 2 saturated heterocycles. The molecule has 0 saturated carbocycles. The summed E-state index contributed by atoms with van der Waals surface area (Å²) in [6, 6.07) is 14.7. The van der Waals surface area contributed by atoms with Gasteiger partial charge in [-0.25, -0.2) is 16.8 Å². The van der Waals surface area contributed by atoms with Crippen LogP contribution in [0.5, 0.6) is 0 Å². The van der Waals surface area contributed by atoms with Crippen LogP contribution in [-0.2, 0) is 24.8 Å². The van der Waals surface area contributed by atoms with E-state index in [0.29, 0.717) is 31.9 Å². The lowest BCUT2D eigenvalue weighted by Crippen LogP contribution is -2.51. The number of anilines is 1. The molecule has 2 aromatic carbocycles. The first kappa shape index (κ1) is 23.7. The van der Waals surface area contributed by atoms with Gasteiger partial charge in [-0.1, -0.05) is 18.2 Å². The smallest absolute Gasteiger partial charge is 0.243 e. The first-order valence-corrected chi connectivity index (χ1v) is 13.8. The van der Waals surface area contributed by atoms with Crippen LogP contribution in [0.1, 0.15) is 12.8 Å². The molecule has 2 aliphatic rings. The van der Waals surface area contributed by atoms with E-state index in [1.54, 1.807) is 59.5 Å². The lowest BCUT2D eigenvalue weighted by Gasteiger charge is -2.34. The summed E-state index contributed by atoms with van der Waals surface area (Å²) in [6.07, 6.45) is 1.76. The SMILES string of the molecule is O=C(CNc1ccc(S(=O)(=O)N2CCCC2)cc1)N1CCN(S(=O)(=O)c2ccccc2)CC1. The van der Waals surface area contributed by atoms with Crippen LogP contribution in [0.3, 0.4) is 0 Å². The van der Waals surface area contributed by atoms with Crippen LogP contribution in [0.2, 0.25) is 0 Å². The van der Waals surface area contributed by atoms with E-state index >= 15 is 0 Å². The number of nitrogens with zero attached hydrogens (tertiary/aromatic N) is 3. The Labute approximate surface area is 195 Å². The number of benzene rings is 2. The molecule has 2 aromatic rings. The normalized spacial score (nSPS) is 18.4. The summed E-state index contributed by atoms with van der Waals surface area (Å²) in [5.74, 6) is -0.138. The van der Waals surface area contributed by atoms with Crippen molar-refractivity contribution >= 4 is 31.6 Å². The molecule has 0 aliphatic carbocycles. The van der Waals surface area contributed by atoms with Gasteiger partial charge >= 0.3 is 0 Å². The number of rotatable bonds is 7. The van der Waals surface area contributed by atoms with Crippen molar-refractivity contribution in [2.24, 2.45) is 0 Å². The Morgan fingerprint density at radius 2 is 1.21 bits per heavy atom. The number of nitrogens with one attached hydrogen (secondary N) is 1. The number of hydrogen-bond acceptors (Lipinski definition) is 6. The molecule has 0 aromatic heterocycles. The van der Waals surface area contributed by atoms with Gasteiger partial charge in [-0.2, -0.15) is 8.61 Å². The Kier molecular flexibility index (Phi) is 7.03. The zero-order valence-corrected chi connectivity index (χ0v) is 19.9. The van der Waals surface area contributed by atoms with E-state index in [2.05, 4.69) is 5.32 Å². The summed E-state index contributed by atoms with van der Waals surface area (Å²) in [5.41, 5.74) is 0.647. The highest BCUT2D eigenvalue weighted by atomic mass is 32.2. The van der Waals surface area contributed by atoms with Gasteiger partial charge in [-0.05, 0) is 49.2 Å². The third-order valence-corrected chi connectivity index (χ3v) is 9.80. The van der Waals surface area contributed by atoms with Crippen molar-refractivity contribution in [1.82, 2.24) is 13.5 Å². The second kappa shape index (κ2) is 9.80. The monoisotopic (exact) mass is 492 g/mol. The van der Waals surface area contributed by atoms with Crippen molar-refractivity contribution in [2.45, 2.75) is 22.6 Å². The second-order valence-electron chi connectivity index (χ2n) is 8.09. The molecule has 0 atom stereocenters. The van der Waals surface area contributed by atoms with E-state index in [1.165, 1.54) is 8.61 Å². The number of carbonyl (C=O) groups is 1. The van der Waals surface area contributed by atoms with E-state index < -0.39 is 20.0 Å². The fourth-order valence-corrected chi connectivity index (χ4v) is 6.99. The molecule has 4 rings (SSSR count). The fraction of sp³-hybridized carbons (Fsp3) is 0.409. The second-order valence-corrected chi connectivity index (χ2v) is 12.0. The van der Waals surface area contributed by atoms with Crippen LogP contribution >= 0.6 is 0 Å². The highest BCUT2D eigenvalue weighted by molar-refractivity contribution is 7.89. The zero-order chi connectivity index (χ0) is 23.5. The molecule has 0 unspecified atom stereocenters. The van der Waals surface area contributed by atoms with E-state index in [-0.39, 0.29) is 35.3 Å². The molecule has 33 heavy (non-hydrogen) atoms. The maximum Gasteiger partial charge on any atom is 0.243 e. The Morgan fingerprint density at radius 1 is 0.697 bits per heavy atom. The van der Waals surface area contributed by atoms with Gasteiger partial charge < -0.3 is 10.2 Å². The maximum atomic E-state index is 12.7. The van der Waals surface area contributed by atoms with E-state index in [0.717, 1.165) is 12.8 Å².